The molecule has 0 spiro atoms. The van der Waals surface area contributed by atoms with E-state index in [-0.39, 0.29) is 18.4 Å². The number of amides is 2. The van der Waals surface area contributed by atoms with Crippen molar-refractivity contribution in [3.8, 4) is 0 Å². The molecule has 2 aromatic heterocycles. The first-order valence-electron chi connectivity index (χ1n) is 5.84. The fourth-order valence-electron chi connectivity index (χ4n) is 1.37. The maximum Gasteiger partial charge on any atom is 0.261 e. The molecule has 2 heterocycles. The Bertz CT molecular complexity index is 617. The molecule has 7 heteroatoms. The number of hydrogen-bond acceptors (Lipinski definition) is 5. The second-order valence-electron chi connectivity index (χ2n) is 3.92. The Hall–Kier alpha value is -1.99. The molecule has 0 aliphatic rings. The van der Waals surface area contributed by atoms with Gasteiger partial charge in [-0.15, -0.1) is 22.7 Å². The van der Waals surface area contributed by atoms with Gasteiger partial charge in [0.25, 0.3) is 11.8 Å². The molecule has 0 saturated carbocycles. The van der Waals surface area contributed by atoms with Gasteiger partial charge in [0, 0.05) is 4.88 Å². The predicted octanol–water partition coefficient (Wildman–Crippen LogP) is 2.00. The van der Waals surface area contributed by atoms with Gasteiger partial charge in [-0.05, 0) is 35.4 Å². The summed E-state index contributed by atoms with van der Waals surface area (Å²) in [4.78, 5) is 24.7. The predicted molar refractivity (Wildman–Crippen MR) is 81.4 cm³/mol. The van der Waals surface area contributed by atoms with Gasteiger partial charge in [0.15, 0.2) is 0 Å². The molecule has 0 aliphatic heterocycles. The lowest BCUT2D eigenvalue weighted by atomic mass is 10.3. The Labute approximate surface area is 124 Å². The number of nitrogens with one attached hydrogen (secondary N) is 2. The number of carbonyl (C=O) groups excluding carboxylic acids is 2. The van der Waals surface area contributed by atoms with Crippen LogP contribution in [0.15, 0.2) is 34.1 Å². The fourth-order valence-corrected chi connectivity index (χ4v) is 2.80. The lowest BCUT2D eigenvalue weighted by Crippen LogP contribution is -2.34. The normalized spacial score (nSPS) is 10.7. The maximum atomic E-state index is 11.6. The minimum atomic E-state index is -0.361. The highest BCUT2D eigenvalue weighted by Crippen LogP contribution is 2.12. The summed E-state index contributed by atoms with van der Waals surface area (Å²) in [7, 11) is 0. The number of carbonyl (C=O) groups is 2. The van der Waals surface area contributed by atoms with Crippen LogP contribution in [0, 0.1) is 6.92 Å². The Balaban J connectivity index is 1.75. The number of nitrogens with zero attached hydrogens (tertiary/aromatic N) is 1. The Kier molecular flexibility index (Phi) is 5.03. The van der Waals surface area contributed by atoms with Gasteiger partial charge in [0.1, 0.15) is 0 Å². The standard InChI is InChI=1S/C13H13N3O2S2/c1-9-4-6-20-11(9)7-15-16-12(17)8-14-13(18)10-3-2-5-19-10/h2-7H,8H2,1H3,(H,14,18)(H,16,17)/b15-7-. The van der Waals surface area contributed by atoms with Crippen molar-refractivity contribution >= 4 is 40.7 Å². The molecule has 0 saturated heterocycles. The smallest absolute Gasteiger partial charge is 0.261 e. The first kappa shape index (κ1) is 14.4. The van der Waals surface area contributed by atoms with E-state index in [4.69, 9.17) is 0 Å². The minimum Gasteiger partial charge on any atom is -0.342 e. The van der Waals surface area contributed by atoms with E-state index in [1.54, 1.807) is 29.7 Å². The zero-order chi connectivity index (χ0) is 14.4. The molecule has 104 valence electrons. The summed E-state index contributed by atoms with van der Waals surface area (Å²) in [5, 5.41) is 10.1. The average molecular weight is 307 g/mol. The van der Waals surface area contributed by atoms with Crippen LogP contribution in [0.25, 0.3) is 0 Å². The van der Waals surface area contributed by atoms with Gasteiger partial charge in [-0.3, -0.25) is 9.59 Å². The largest absolute Gasteiger partial charge is 0.342 e. The van der Waals surface area contributed by atoms with Crippen molar-refractivity contribution in [2.24, 2.45) is 5.10 Å². The first-order chi connectivity index (χ1) is 9.66. The molecule has 2 aromatic rings. The summed E-state index contributed by atoms with van der Waals surface area (Å²) < 4.78 is 0. The summed E-state index contributed by atoms with van der Waals surface area (Å²) in [6.07, 6.45) is 1.60. The fraction of sp³-hybridized carbons (Fsp3) is 0.154. The van der Waals surface area contributed by atoms with Gasteiger partial charge in [-0.25, -0.2) is 5.43 Å². The minimum absolute atomic E-state index is 0.0997. The quantitative estimate of drug-likeness (QED) is 0.655. The monoisotopic (exact) mass is 307 g/mol. The van der Waals surface area contributed by atoms with Gasteiger partial charge in [-0.2, -0.15) is 5.10 Å². The summed E-state index contributed by atoms with van der Waals surface area (Å²) in [6.45, 7) is 1.87. The van der Waals surface area contributed by atoms with E-state index < -0.39 is 0 Å². The summed E-state index contributed by atoms with van der Waals surface area (Å²) in [5.74, 6) is -0.617. The zero-order valence-electron chi connectivity index (χ0n) is 10.8. The number of hydrazone groups is 1. The molecule has 20 heavy (non-hydrogen) atoms. The molecule has 0 radical (unpaired) electrons. The topological polar surface area (TPSA) is 70.6 Å². The molecule has 2 rings (SSSR count). The summed E-state index contributed by atoms with van der Waals surface area (Å²) >= 11 is 2.88. The Morgan fingerprint density at radius 2 is 2.15 bits per heavy atom. The third-order valence-corrected chi connectivity index (χ3v) is 4.25. The highest BCUT2D eigenvalue weighted by molar-refractivity contribution is 7.12. The van der Waals surface area contributed by atoms with Crippen LogP contribution < -0.4 is 10.7 Å². The Morgan fingerprint density at radius 3 is 2.80 bits per heavy atom. The van der Waals surface area contributed by atoms with Crippen molar-refractivity contribution in [3.05, 3.63) is 44.3 Å². The molecular formula is C13H13N3O2S2. The van der Waals surface area contributed by atoms with Crippen molar-refractivity contribution in [1.29, 1.82) is 0 Å². The van der Waals surface area contributed by atoms with Crippen LogP contribution in [0.3, 0.4) is 0 Å². The van der Waals surface area contributed by atoms with Crippen molar-refractivity contribution in [3.63, 3.8) is 0 Å². The van der Waals surface area contributed by atoms with Crippen LogP contribution in [0.1, 0.15) is 20.1 Å². The average Bonchev–Trinajstić information content (AvgIpc) is 3.08. The van der Waals surface area contributed by atoms with E-state index >= 15 is 0 Å². The number of rotatable bonds is 5. The zero-order valence-corrected chi connectivity index (χ0v) is 12.4. The molecule has 2 amide bonds. The van der Waals surface area contributed by atoms with Crippen molar-refractivity contribution in [1.82, 2.24) is 10.7 Å². The molecule has 0 fully saturated rings. The molecule has 0 atom stereocenters. The van der Waals surface area contributed by atoms with E-state index in [2.05, 4.69) is 15.8 Å². The lowest BCUT2D eigenvalue weighted by Gasteiger charge is -2.01. The third kappa shape index (κ3) is 4.01. The number of hydrogen-bond donors (Lipinski definition) is 2. The van der Waals surface area contributed by atoms with Crippen molar-refractivity contribution in [2.45, 2.75) is 6.92 Å². The summed E-state index contributed by atoms with van der Waals surface area (Å²) in [5.41, 5.74) is 3.48. The third-order valence-electron chi connectivity index (χ3n) is 2.43. The number of thiophene rings is 2. The van der Waals surface area contributed by atoms with Gasteiger partial charge < -0.3 is 5.32 Å². The van der Waals surface area contributed by atoms with Crippen LogP contribution in [0.5, 0.6) is 0 Å². The van der Waals surface area contributed by atoms with Crippen LogP contribution in [0.4, 0.5) is 0 Å². The maximum absolute atomic E-state index is 11.6. The van der Waals surface area contributed by atoms with E-state index in [9.17, 15) is 9.59 Å². The van der Waals surface area contributed by atoms with Gasteiger partial charge >= 0.3 is 0 Å². The molecule has 2 N–H and O–H groups in total. The second kappa shape index (κ2) is 6.97. The van der Waals surface area contributed by atoms with Crippen LogP contribution in [-0.2, 0) is 4.79 Å². The SMILES string of the molecule is Cc1ccsc1/C=N\NC(=O)CNC(=O)c1cccs1. The van der Waals surface area contributed by atoms with Crippen LogP contribution >= 0.6 is 22.7 Å². The molecule has 0 bridgehead atoms. The molecule has 0 aromatic carbocycles. The molecular weight excluding hydrogens is 294 g/mol. The second-order valence-corrected chi connectivity index (χ2v) is 5.82. The first-order valence-corrected chi connectivity index (χ1v) is 7.60. The van der Waals surface area contributed by atoms with Gasteiger partial charge in [0.2, 0.25) is 0 Å². The Morgan fingerprint density at radius 1 is 1.30 bits per heavy atom. The van der Waals surface area contributed by atoms with Gasteiger partial charge in [-0.1, -0.05) is 6.07 Å². The van der Waals surface area contributed by atoms with Crippen molar-refractivity contribution < 1.29 is 9.59 Å². The summed E-state index contributed by atoms with van der Waals surface area (Å²) in [6, 6.07) is 5.47. The van der Waals surface area contributed by atoms with Crippen LogP contribution in [0.2, 0.25) is 0 Å². The highest BCUT2D eigenvalue weighted by Gasteiger charge is 2.07. The molecule has 5 nitrogen and oxygen atoms in total. The van der Waals surface area contributed by atoms with E-state index in [1.807, 2.05) is 23.8 Å². The van der Waals surface area contributed by atoms with E-state index in [1.165, 1.54) is 11.3 Å². The lowest BCUT2D eigenvalue weighted by molar-refractivity contribution is -0.120. The van der Waals surface area contributed by atoms with E-state index in [0.29, 0.717) is 4.88 Å². The number of aryl methyl sites for hydroxylation is 1. The van der Waals surface area contributed by atoms with Gasteiger partial charge in [0.05, 0.1) is 17.6 Å². The molecule has 0 unspecified atom stereocenters. The highest BCUT2D eigenvalue weighted by atomic mass is 32.1. The van der Waals surface area contributed by atoms with Crippen molar-refractivity contribution in [2.75, 3.05) is 6.54 Å². The van der Waals surface area contributed by atoms with E-state index in [0.717, 1.165) is 10.4 Å². The molecule has 0 aliphatic carbocycles. The van der Waals surface area contributed by atoms with Crippen LogP contribution in [-0.4, -0.2) is 24.6 Å².